The van der Waals surface area contributed by atoms with Crippen LogP contribution in [0.3, 0.4) is 0 Å². The zero-order valence-electron chi connectivity index (χ0n) is 15.5. The zero-order chi connectivity index (χ0) is 19.8. The molecule has 0 aliphatic heterocycles. The maximum atomic E-state index is 12.1. The molecule has 2 N–H and O–H groups in total. The van der Waals surface area contributed by atoms with E-state index in [4.69, 9.17) is 15.2 Å². The van der Waals surface area contributed by atoms with Crippen molar-refractivity contribution in [1.82, 2.24) is 29.5 Å². The fraction of sp³-hybridized carbons (Fsp3) is 0.353. The highest BCUT2D eigenvalue weighted by atomic mass is 31.0. The lowest BCUT2D eigenvalue weighted by molar-refractivity contribution is 0.0988. The Kier molecular flexibility index (Phi) is 4.72. The van der Waals surface area contributed by atoms with Crippen molar-refractivity contribution in [3.05, 3.63) is 29.8 Å². The highest BCUT2D eigenvalue weighted by molar-refractivity contribution is 7.15. The molecule has 0 radical (unpaired) electrons. The van der Waals surface area contributed by atoms with Gasteiger partial charge >= 0.3 is 0 Å². The summed E-state index contributed by atoms with van der Waals surface area (Å²) in [5.74, 6) is 2.12. The molecule has 146 valence electrons. The van der Waals surface area contributed by atoms with Gasteiger partial charge in [-0.05, 0) is 25.0 Å². The van der Waals surface area contributed by atoms with Crippen LogP contribution in [-0.2, 0) is 6.29 Å². The van der Waals surface area contributed by atoms with E-state index in [-0.39, 0.29) is 5.82 Å². The van der Waals surface area contributed by atoms with Crippen molar-refractivity contribution in [2.24, 2.45) is 5.73 Å². The Morgan fingerprint density at radius 2 is 1.89 bits per heavy atom. The maximum absolute atomic E-state index is 12.1. The minimum absolute atomic E-state index is 0.0518. The number of carbonyl (C=O) groups excluding carboxylic acids is 1. The number of aromatic nitrogens is 6. The monoisotopic (exact) mass is 401 g/mol. The van der Waals surface area contributed by atoms with Gasteiger partial charge in [-0.2, -0.15) is 5.10 Å². The molecule has 2 aromatic heterocycles. The Labute approximate surface area is 163 Å². The van der Waals surface area contributed by atoms with Crippen molar-refractivity contribution in [2.75, 3.05) is 14.2 Å². The van der Waals surface area contributed by atoms with Crippen LogP contribution in [-0.4, -0.2) is 49.7 Å². The van der Waals surface area contributed by atoms with Gasteiger partial charge in [-0.1, -0.05) is 6.07 Å². The second kappa shape index (κ2) is 7.20. The Balaban J connectivity index is 2.00. The highest BCUT2D eigenvalue weighted by Gasteiger charge is 2.32. The summed E-state index contributed by atoms with van der Waals surface area (Å²) >= 11 is 0. The lowest BCUT2D eigenvalue weighted by Gasteiger charge is -2.16. The average molecular weight is 401 g/mol. The Morgan fingerprint density at radius 1 is 1.21 bits per heavy atom. The first-order chi connectivity index (χ1) is 13.6. The summed E-state index contributed by atoms with van der Waals surface area (Å²) in [5.41, 5.74) is 6.03. The van der Waals surface area contributed by atoms with Gasteiger partial charge in [-0.25, -0.2) is 9.67 Å². The molecule has 0 bridgehead atoms. The number of rotatable bonds is 7. The smallest absolute Gasteiger partial charge is 0.287 e. The summed E-state index contributed by atoms with van der Waals surface area (Å²) in [6, 6.07) is 5.29. The van der Waals surface area contributed by atoms with E-state index in [1.54, 1.807) is 22.9 Å². The summed E-state index contributed by atoms with van der Waals surface area (Å²) in [7, 11) is 5.67. The lowest BCUT2D eigenvalue weighted by Crippen LogP contribution is -2.19. The van der Waals surface area contributed by atoms with Gasteiger partial charge in [-0.15, -0.1) is 19.4 Å². The second-order valence-electron chi connectivity index (χ2n) is 6.31. The first-order valence-electron chi connectivity index (χ1n) is 8.70. The predicted molar refractivity (Wildman–Crippen MR) is 104 cm³/mol. The average Bonchev–Trinajstić information content (AvgIpc) is 3.32. The van der Waals surface area contributed by atoms with E-state index < -0.39 is 5.91 Å². The molecule has 1 saturated carbocycles. The van der Waals surface area contributed by atoms with Crippen LogP contribution in [0.15, 0.2) is 18.2 Å². The topological polar surface area (TPSA) is 123 Å². The third kappa shape index (κ3) is 2.99. The predicted octanol–water partition coefficient (Wildman–Crippen LogP) is 1.35. The molecule has 1 aliphatic carbocycles. The number of para-hydroxylation sites is 1. The number of carbonyl (C=O) groups is 1. The molecule has 10 nitrogen and oxygen atoms in total. The number of ether oxygens (including phenoxy) is 2. The number of hydrogen-bond donors (Lipinski definition) is 1. The number of primary amides is 1. The number of benzene rings is 1. The fourth-order valence-corrected chi connectivity index (χ4v) is 3.27. The number of nitrogens with zero attached hydrogens (tertiary/aromatic N) is 6. The van der Waals surface area contributed by atoms with Gasteiger partial charge in [0.15, 0.2) is 11.6 Å². The fourth-order valence-electron chi connectivity index (χ4n) is 3.02. The van der Waals surface area contributed by atoms with Crippen molar-refractivity contribution in [3.63, 3.8) is 0 Å². The molecule has 2 heterocycles. The molecule has 1 fully saturated rings. The van der Waals surface area contributed by atoms with E-state index >= 15 is 0 Å². The molecule has 1 aliphatic rings. The first-order valence-corrected chi connectivity index (χ1v) is 9.52. The van der Waals surface area contributed by atoms with Crippen molar-refractivity contribution < 1.29 is 14.3 Å². The van der Waals surface area contributed by atoms with Gasteiger partial charge in [0.1, 0.15) is 17.2 Å². The van der Waals surface area contributed by atoms with Crippen molar-refractivity contribution in [1.29, 1.82) is 0 Å². The quantitative estimate of drug-likeness (QED) is 0.593. The normalized spacial score (nSPS) is 13.5. The number of hydrogen-bond acceptors (Lipinski definition) is 7. The Hall–Kier alpha value is -3.00. The molecule has 3 aromatic rings. The molecule has 0 spiro atoms. The summed E-state index contributed by atoms with van der Waals surface area (Å²) in [4.78, 5) is 16.8. The van der Waals surface area contributed by atoms with E-state index in [9.17, 15) is 4.79 Å². The zero-order valence-corrected chi connectivity index (χ0v) is 16.6. The van der Waals surface area contributed by atoms with E-state index in [0.717, 1.165) is 18.7 Å². The Morgan fingerprint density at radius 3 is 2.43 bits per heavy atom. The van der Waals surface area contributed by atoms with Crippen molar-refractivity contribution >= 4 is 15.1 Å². The minimum atomic E-state index is -0.730. The van der Waals surface area contributed by atoms with E-state index in [2.05, 4.69) is 29.5 Å². The standard InChI is InChI=1S/C17H20N7O3P/c1-26-10-4-3-5-11(27-2)12(10)24-15(13(18)25)20-21-17(24)16-19-14(9-6-7-9)22-23(16)8-28/h3-5,9H,6-8,28H2,1-2H3,(H2,18,25). The van der Waals surface area contributed by atoms with E-state index in [0.29, 0.717) is 41.0 Å². The molecule has 4 rings (SSSR count). The second-order valence-corrected chi connectivity index (χ2v) is 6.67. The largest absolute Gasteiger partial charge is 0.494 e. The van der Waals surface area contributed by atoms with Crippen LogP contribution < -0.4 is 15.2 Å². The maximum Gasteiger partial charge on any atom is 0.287 e. The number of nitrogens with two attached hydrogens (primary N) is 1. The van der Waals surface area contributed by atoms with Crippen LogP contribution in [0.4, 0.5) is 0 Å². The Bertz CT molecular complexity index is 1020. The molecule has 1 aromatic carbocycles. The molecular formula is C17H20N7O3P. The molecule has 11 heteroatoms. The summed E-state index contributed by atoms with van der Waals surface area (Å²) in [6.07, 6.45) is 2.65. The van der Waals surface area contributed by atoms with Gasteiger partial charge in [0, 0.05) is 5.92 Å². The summed E-state index contributed by atoms with van der Waals surface area (Å²) < 4.78 is 14.2. The molecule has 1 atom stereocenters. The molecule has 28 heavy (non-hydrogen) atoms. The third-order valence-electron chi connectivity index (χ3n) is 4.51. The summed E-state index contributed by atoms with van der Waals surface area (Å²) in [6.45, 7) is 0. The van der Waals surface area contributed by atoms with Crippen LogP contribution in [0.25, 0.3) is 17.3 Å². The molecule has 0 saturated heterocycles. The molecule has 1 amide bonds. The third-order valence-corrected chi connectivity index (χ3v) is 4.86. The van der Waals surface area contributed by atoms with Crippen LogP contribution in [0, 0.1) is 0 Å². The van der Waals surface area contributed by atoms with E-state index in [1.165, 1.54) is 18.8 Å². The highest BCUT2D eigenvalue weighted by Crippen LogP contribution is 2.40. The van der Waals surface area contributed by atoms with Crippen molar-refractivity contribution in [2.45, 2.75) is 25.0 Å². The van der Waals surface area contributed by atoms with Crippen LogP contribution in [0.1, 0.15) is 35.2 Å². The first kappa shape index (κ1) is 18.4. The van der Waals surface area contributed by atoms with Crippen molar-refractivity contribution in [3.8, 4) is 28.8 Å². The van der Waals surface area contributed by atoms with Crippen LogP contribution in [0.2, 0.25) is 0 Å². The number of methoxy groups -OCH3 is 2. The van der Waals surface area contributed by atoms with Gasteiger partial charge in [0.05, 0.1) is 20.5 Å². The molecular weight excluding hydrogens is 381 g/mol. The molecule has 1 unspecified atom stereocenters. The van der Waals surface area contributed by atoms with Gasteiger partial charge in [0.25, 0.3) is 5.91 Å². The SMILES string of the molecule is COc1cccc(OC)c1-n1c(C(N)=O)nnc1-c1nc(C2CC2)nn1CP. The van der Waals surface area contributed by atoms with Crippen LogP contribution >= 0.6 is 9.24 Å². The van der Waals surface area contributed by atoms with Crippen LogP contribution in [0.5, 0.6) is 11.5 Å². The lowest BCUT2D eigenvalue weighted by atomic mass is 10.2. The number of amides is 1. The van der Waals surface area contributed by atoms with Gasteiger partial charge in [-0.3, -0.25) is 9.36 Å². The van der Waals surface area contributed by atoms with Gasteiger partial charge < -0.3 is 15.2 Å². The van der Waals surface area contributed by atoms with E-state index in [1.807, 2.05) is 0 Å². The van der Waals surface area contributed by atoms with Gasteiger partial charge in [0.2, 0.25) is 11.6 Å². The summed E-state index contributed by atoms with van der Waals surface area (Å²) in [5, 5.41) is 12.8. The minimum Gasteiger partial charge on any atom is -0.494 e.